The van der Waals surface area contributed by atoms with Crippen LogP contribution in [-0.2, 0) is 16.0 Å². The lowest BCUT2D eigenvalue weighted by Gasteiger charge is -2.22. The first-order valence-corrected chi connectivity index (χ1v) is 9.35. The van der Waals surface area contributed by atoms with E-state index in [4.69, 9.17) is 4.74 Å². The first-order valence-electron chi connectivity index (χ1n) is 9.35. The second-order valence-electron chi connectivity index (χ2n) is 7.32. The van der Waals surface area contributed by atoms with Gasteiger partial charge in [0.1, 0.15) is 5.75 Å². The van der Waals surface area contributed by atoms with Crippen molar-refractivity contribution in [3.05, 3.63) is 29.8 Å². The number of rotatable bonds is 5. The summed E-state index contributed by atoms with van der Waals surface area (Å²) in [5.74, 6) is 1.51. The normalized spacial score (nSPS) is 18.2. The highest BCUT2D eigenvalue weighted by Crippen LogP contribution is 2.31. The molecule has 5 nitrogen and oxygen atoms in total. The van der Waals surface area contributed by atoms with Crippen LogP contribution in [0.5, 0.6) is 5.75 Å². The Labute approximate surface area is 149 Å². The monoisotopic (exact) mass is 344 g/mol. The lowest BCUT2D eigenvalue weighted by molar-refractivity contribution is -0.134. The van der Waals surface area contributed by atoms with Gasteiger partial charge in [0, 0.05) is 32.1 Å². The zero-order chi connectivity index (χ0) is 17.8. The molecule has 0 unspecified atom stereocenters. The highest BCUT2D eigenvalue weighted by molar-refractivity contribution is 5.81. The smallest absolute Gasteiger partial charge is 0.227 e. The van der Waals surface area contributed by atoms with Gasteiger partial charge in [0.25, 0.3) is 0 Å². The van der Waals surface area contributed by atoms with E-state index >= 15 is 0 Å². The Balaban J connectivity index is 1.51. The molecule has 0 atom stereocenters. The third kappa shape index (κ3) is 4.97. The largest absolute Gasteiger partial charge is 0.491 e. The molecular formula is C20H28N2O3. The topological polar surface area (TPSA) is 49.9 Å². The van der Waals surface area contributed by atoms with E-state index in [-0.39, 0.29) is 23.8 Å². The quantitative estimate of drug-likeness (QED) is 0.824. The van der Waals surface area contributed by atoms with Gasteiger partial charge in [-0.2, -0.15) is 0 Å². The van der Waals surface area contributed by atoms with Crippen molar-refractivity contribution in [3.63, 3.8) is 0 Å². The van der Waals surface area contributed by atoms with E-state index in [9.17, 15) is 9.59 Å². The van der Waals surface area contributed by atoms with Crippen molar-refractivity contribution in [3.8, 4) is 5.75 Å². The molecule has 3 rings (SSSR count). The van der Waals surface area contributed by atoms with Gasteiger partial charge in [-0.15, -0.1) is 0 Å². The maximum Gasteiger partial charge on any atom is 0.227 e. The number of carbonyl (C=O) groups is 2. The fraction of sp³-hybridized carbons (Fsp3) is 0.600. The molecule has 0 bridgehead atoms. The molecule has 1 saturated carbocycles. The van der Waals surface area contributed by atoms with Crippen molar-refractivity contribution in [1.82, 2.24) is 9.80 Å². The average molecular weight is 344 g/mol. The Hall–Kier alpha value is -2.04. The van der Waals surface area contributed by atoms with Crippen LogP contribution in [0.3, 0.4) is 0 Å². The fourth-order valence-electron chi connectivity index (χ4n) is 3.22. The zero-order valence-corrected chi connectivity index (χ0v) is 15.2. The summed E-state index contributed by atoms with van der Waals surface area (Å²) in [6.45, 7) is 6.82. The summed E-state index contributed by atoms with van der Waals surface area (Å²) in [6.07, 6.45) is 3.48. The van der Waals surface area contributed by atoms with Crippen LogP contribution in [0.15, 0.2) is 24.3 Å². The average Bonchev–Trinajstić information content (AvgIpc) is 3.42. The van der Waals surface area contributed by atoms with Crippen molar-refractivity contribution in [2.45, 2.75) is 45.6 Å². The molecule has 0 aromatic heterocycles. The molecule has 1 aromatic rings. The van der Waals surface area contributed by atoms with Crippen LogP contribution in [0.2, 0.25) is 0 Å². The second-order valence-corrected chi connectivity index (χ2v) is 7.32. The van der Waals surface area contributed by atoms with Crippen LogP contribution in [0.1, 0.15) is 38.7 Å². The van der Waals surface area contributed by atoms with E-state index in [0.717, 1.165) is 43.7 Å². The standard InChI is InChI=1S/C20H28N2O3/c1-15(2)25-18-8-4-16(5-9-18)14-19(23)21-10-3-11-22(13-12-21)20(24)17-6-7-17/h4-5,8-9,15,17H,3,6-7,10-14H2,1-2H3. The molecule has 0 spiro atoms. The van der Waals surface area contributed by atoms with Crippen molar-refractivity contribution in [2.75, 3.05) is 26.2 Å². The van der Waals surface area contributed by atoms with Crippen LogP contribution in [0.25, 0.3) is 0 Å². The van der Waals surface area contributed by atoms with Crippen LogP contribution in [0.4, 0.5) is 0 Å². The van der Waals surface area contributed by atoms with Gasteiger partial charge >= 0.3 is 0 Å². The number of ether oxygens (including phenoxy) is 1. The molecule has 2 aliphatic rings. The van der Waals surface area contributed by atoms with Crippen LogP contribution < -0.4 is 4.74 Å². The third-order valence-electron chi connectivity index (χ3n) is 4.74. The Morgan fingerprint density at radius 1 is 1.04 bits per heavy atom. The molecular weight excluding hydrogens is 316 g/mol. The predicted octanol–water partition coefficient (Wildman–Crippen LogP) is 2.49. The summed E-state index contributed by atoms with van der Waals surface area (Å²) >= 11 is 0. The SMILES string of the molecule is CC(C)Oc1ccc(CC(=O)N2CCCN(C(=O)C3CC3)CC2)cc1. The van der Waals surface area contributed by atoms with E-state index in [1.165, 1.54) is 0 Å². The highest BCUT2D eigenvalue weighted by Gasteiger charge is 2.34. The van der Waals surface area contributed by atoms with E-state index in [2.05, 4.69) is 0 Å². The number of hydrogen-bond acceptors (Lipinski definition) is 3. The van der Waals surface area contributed by atoms with Crippen molar-refractivity contribution >= 4 is 11.8 Å². The zero-order valence-electron chi connectivity index (χ0n) is 15.2. The summed E-state index contributed by atoms with van der Waals surface area (Å²) < 4.78 is 5.63. The molecule has 1 heterocycles. The van der Waals surface area contributed by atoms with E-state index in [0.29, 0.717) is 19.5 Å². The minimum absolute atomic E-state index is 0.137. The number of hydrogen-bond donors (Lipinski definition) is 0. The van der Waals surface area contributed by atoms with Gasteiger partial charge in [-0.25, -0.2) is 0 Å². The molecule has 5 heteroatoms. The molecule has 1 aromatic carbocycles. The Kier molecular flexibility index (Phi) is 5.61. The molecule has 1 aliphatic heterocycles. The number of nitrogens with zero attached hydrogens (tertiary/aromatic N) is 2. The molecule has 25 heavy (non-hydrogen) atoms. The van der Waals surface area contributed by atoms with E-state index in [1.807, 2.05) is 47.9 Å². The van der Waals surface area contributed by atoms with Crippen molar-refractivity contribution in [1.29, 1.82) is 0 Å². The molecule has 1 saturated heterocycles. The van der Waals surface area contributed by atoms with E-state index in [1.54, 1.807) is 0 Å². The second kappa shape index (κ2) is 7.89. The molecule has 1 aliphatic carbocycles. The van der Waals surface area contributed by atoms with Gasteiger partial charge in [-0.1, -0.05) is 12.1 Å². The van der Waals surface area contributed by atoms with Gasteiger partial charge in [0.15, 0.2) is 0 Å². The first kappa shape index (κ1) is 17.8. The molecule has 0 radical (unpaired) electrons. The Bertz CT molecular complexity index is 608. The van der Waals surface area contributed by atoms with Crippen LogP contribution in [0, 0.1) is 5.92 Å². The molecule has 2 fully saturated rings. The van der Waals surface area contributed by atoms with Gasteiger partial charge in [-0.3, -0.25) is 9.59 Å². The van der Waals surface area contributed by atoms with Gasteiger partial charge in [0.05, 0.1) is 12.5 Å². The van der Waals surface area contributed by atoms with Gasteiger partial charge in [-0.05, 0) is 50.8 Å². The predicted molar refractivity (Wildman–Crippen MR) is 96.4 cm³/mol. The summed E-state index contributed by atoms with van der Waals surface area (Å²) in [7, 11) is 0. The summed E-state index contributed by atoms with van der Waals surface area (Å²) in [6, 6.07) is 7.74. The third-order valence-corrected chi connectivity index (χ3v) is 4.74. The Morgan fingerprint density at radius 3 is 2.32 bits per heavy atom. The summed E-state index contributed by atoms with van der Waals surface area (Å²) in [5.41, 5.74) is 0.997. The van der Waals surface area contributed by atoms with Gasteiger partial charge < -0.3 is 14.5 Å². The van der Waals surface area contributed by atoms with E-state index < -0.39 is 0 Å². The number of amides is 2. The molecule has 136 valence electrons. The van der Waals surface area contributed by atoms with Crippen LogP contribution >= 0.6 is 0 Å². The first-order chi connectivity index (χ1) is 12.0. The Morgan fingerprint density at radius 2 is 1.68 bits per heavy atom. The lowest BCUT2D eigenvalue weighted by Crippen LogP contribution is -2.38. The maximum atomic E-state index is 12.6. The minimum atomic E-state index is 0.137. The van der Waals surface area contributed by atoms with Crippen molar-refractivity contribution < 1.29 is 14.3 Å². The molecule has 0 N–H and O–H groups in total. The lowest BCUT2D eigenvalue weighted by atomic mass is 10.1. The summed E-state index contributed by atoms with van der Waals surface area (Å²) in [4.78, 5) is 28.6. The minimum Gasteiger partial charge on any atom is -0.491 e. The maximum absolute atomic E-state index is 12.6. The van der Waals surface area contributed by atoms with Gasteiger partial charge in [0.2, 0.25) is 11.8 Å². The highest BCUT2D eigenvalue weighted by atomic mass is 16.5. The number of carbonyl (C=O) groups excluding carboxylic acids is 2. The number of benzene rings is 1. The van der Waals surface area contributed by atoms with Crippen molar-refractivity contribution in [2.24, 2.45) is 5.92 Å². The molecule has 2 amide bonds. The van der Waals surface area contributed by atoms with Crippen LogP contribution in [-0.4, -0.2) is 53.9 Å². The fourth-order valence-corrected chi connectivity index (χ4v) is 3.22. The summed E-state index contributed by atoms with van der Waals surface area (Å²) in [5, 5.41) is 0.